The molecule has 1 aromatic carbocycles. The summed E-state index contributed by atoms with van der Waals surface area (Å²) < 4.78 is 16.6. The van der Waals surface area contributed by atoms with E-state index in [0.717, 1.165) is 61.8 Å². The normalized spacial score (nSPS) is 17.5. The number of aromatic nitrogens is 4. The van der Waals surface area contributed by atoms with E-state index in [4.69, 9.17) is 33.5 Å². The van der Waals surface area contributed by atoms with Gasteiger partial charge in [0.05, 0.1) is 34.3 Å². The number of fused-ring (bicyclic) bond motifs is 1. The monoisotopic (exact) mass is 619 g/mol. The van der Waals surface area contributed by atoms with Crippen LogP contribution in [0.5, 0.6) is 0 Å². The van der Waals surface area contributed by atoms with Crippen LogP contribution in [0.3, 0.4) is 0 Å². The van der Waals surface area contributed by atoms with Crippen LogP contribution in [0.2, 0.25) is 5.02 Å². The van der Waals surface area contributed by atoms with E-state index in [1.54, 1.807) is 36.7 Å². The Morgan fingerprint density at radius 1 is 1.34 bits per heavy atom. The Balaban J connectivity index is 1.41. The van der Waals surface area contributed by atoms with Crippen LogP contribution in [0, 0.1) is 11.2 Å². The van der Waals surface area contributed by atoms with Crippen molar-refractivity contribution < 1.29 is 4.39 Å². The summed E-state index contributed by atoms with van der Waals surface area (Å²) in [6.07, 6.45) is 11.4. The number of piperidine rings is 1. The third-order valence-corrected chi connectivity index (χ3v) is 8.34. The van der Waals surface area contributed by atoms with Gasteiger partial charge in [0.25, 0.3) is 0 Å². The van der Waals surface area contributed by atoms with Gasteiger partial charge in [-0.15, -0.1) is 0 Å². The Hall–Kier alpha value is -4.06. The number of nitrogens with one attached hydrogen (secondary N) is 4. The molecule has 1 fully saturated rings. The highest BCUT2D eigenvalue weighted by Gasteiger charge is 2.25. The van der Waals surface area contributed by atoms with Crippen LogP contribution in [0.1, 0.15) is 68.3 Å². The third kappa shape index (κ3) is 7.18. The number of aryl methyl sites for hydroxylation is 1. The van der Waals surface area contributed by atoms with Gasteiger partial charge in [-0.2, -0.15) is 4.98 Å². The molecule has 1 saturated heterocycles. The van der Waals surface area contributed by atoms with Crippen molar-refractivity contribution in [3.8, 4) is 16.9 Å². The average Bonchev–Trinajstić information content (AvgIpc) is 3.40. The van der Waals surface area contributed by atoms with Crippen LogP contribution < -0.4 is 27.8 Å². The number of H-pyrrole nitrogens is 1. The molecule has 5 rings (SSSR count). The van der Waals surface area contributed by atoms with Crippen molar-refractivity contribution in [2.45, 2.75) is 70.0 Å². The second-order valence-corrected chi connectivity index (χ2v) is 11.9. The summed E-state index contributed by atoms with van der Waals surface area (Å²) in [6, 6.07) is 7.47. The van der Waals surface area contributed by atoms with Crippen molar-refractivity contribution in [3.05, 3.63) is 81.4 Å². The van der Waals surface area contributed by atoms with Gasteiger partial charge in [-0.1, -0.05) is 24.3 Å². The molecule has 0 aliphatic carbocycles. The number of nitrogens with two attached hydrogens (primary N) is 2. The average molecular weight is 620 g/mol. The molecule has 0 spiro atoms. The van der Waals surface area contributed by atoms with Crippen LogP contribution >= 0.6 is 11.6 Å². The zero-order valence-electron chi connectivity index (χ0n) is 24.8. The van der Waals surface area contributed by atoms with Gasteiger partial charge in [0.2, 0.25) is 0 Å². The molecule has 0 amide bonds. The van der Waals surface area contributed by atoms with E-state index in [1.165, 1.54) is 4.57 Å². The van der Waals surface area contributed by atoms with Gasteiger partial charge in [0, 0.05) is 35.8 Å². The number of benzene rings is 1. The van der Waals surface area contributed by atoms with E-state index in [2.05, 4.69) is 27.2 Å². The largest absolute Gasteiger partial charge is 0.370 e. The first-order valence-corrected chi connectivity index (χ1v) is 15.3. The number of aromatic amines is 1. The lowest BCUT2D eigenvalue weighted by atomic mass is 9.92. The molecule has 0 bridgehead atoms. The molecule has 10 nitrogen and oxygen atoms in total. The molecular weight excluding hydrogens is 581 g/mol. The smallest absolute Gasteiger partial charge is 0.354 e. The molecule has 0 saturated carbocycles. The summed E-state index contributed by atoms with van der Waals surface area (Å²) in [7, 11) is 0. The van der Waals surface area contributed by atoms with Gasteiger partial charge in [-0.05, 0) is 87.3 Å². The molecule has 0 unspecified atom stereocenters. The molecule has 3 atom stereocenters. The summed E-state index contributed by atoms with van der Waals surface area (Å²) in [5, 5.41) is 14.6. The summed E-state index contributed by atoms with van der Waals surface area (Å²) in [6.45, 7) is 6.58. The zero-order valence-corrected chi connectivity index (χ0v) is 25.6. The highest BCUT2D eigenvalue weighted by Crippen LogP contribution is 2.32. The molecule has 1 aliphatic rings. The Kier molecular flexibility index (Phi) is 9.77. The van der Waals surface area contributed by atoms with Gasteiger partial charge in [-0.25, -0.2) is 9.18 Å². The van der Waals surface area contributed by atoms with Crippen molar-refractivity contribution in [1.82, 2.24) is 30.2 Å². The number of nitrogens with zero attached hydrogens (tertiary/aromatic N) is 3. The Morgan fingerprint density at radius 3 is 2.91 bits per heavy atom. The van der Waals surface area contributed by atoms with Gasteiger partial charge in [-0.3, -0.25) is 15.0 Å². The van der Waals surface area contributed by atoms with E-state index >= 15 is 4.39 Å². The Labute approximate surface area is 260 Å². The van der Waals surface area contributed by atoms with E-state index in [0.29, 0.717) is 34.5 Å². The van der Waals surface area contributed by atoms with Crippen molar-refractivity contribution in [3.63, 3.8) is 0 Å². The van der Waals surface area contributed by atoms with Crippen molar-refractivity contribution in [2.24, 2.45) is 11.5 Å². The van der Waals surface area contributed by atoms with Crippen molar-refractivity contribution >= 4 is 34.7 Å². The quantitative estimate of drug-likeness (QED) is 0.102. The van der Waals surface area contributed by atoms with Crippen molar-refractivity contribution in [1.29, 1.82) is 5.41 Å². The number of guanidine groups is 1. The van der Waals surface area contributed by atoms with E-state index in [-0.39, 0.29) is 29.1 Å². The number of pyridine rings is 1. The molecule has 4 aromatic rings. The fraction of sp³-hybridized carbons (Fsp3) is 0.375. The molecule has 8 N–H and O–H groups in total. The molecule has 4 heterocycles. The summed E-state index contributed by atoms with van der Waals surface area (Å²) in [5.74, 6) is -0.564. The van der Waals surface area contributed by atoms with Crippen LogP contribution in [-0.2, 0) is 6.42 Å². The molecular formula is C32H39ClFN9O. The van der Waals surface area contributed by atoms with Crippen LogP contribution in [-0.4, -0.2) is 44.1 Å². The second kappa shape index (κ2) is 13.7. The first-order chi connectivity index (χ1) is 21.1. The minimum atomic E-state index is -0.534. The van der Waals surface area contributed by atoms with Crippen LogP contribution in [0.25, 0.3) is 34.1 Å². The third-order valence-electron chi connectivity index (χ3n) is 8.06. The fourth-order valence-electron chi connectivity index (χ4n) is 5.85. The second-order valence-electron chi connectivity index (χ2n) is 11.5. The number of halogens is 2. The highest BCUT2D eigenvalue weighted by molar-refractivity contribution is 6.31. The molecule has 3 aromatic heterocycles. The fourth-order valence-corrected chi connectivity index (χ4v) is 6.09. The van der Waals surface area contributed by atoms with Gasteiger partial charge in [0.1, 0.15) is 5.65 Å². The summed E-state index contributed by atoms with van der Waals surface area (Å²) in [5.41, 5.74) is 15.1. The van der Waals surface area contributed by atoms with E-state index < -0.39 is 11.5 Å². The minimum absolute atomic E-state index is 0.0307. The minimum Gasteiger partial charge on any atom is -0.370 e. The predicted molar refractivity (Wildman–Crippen MR) is 175 cm³/mol. The highest BCUT2D eigenvalue weighted by atomic mass is 35.5. The first-order valence-electron chi connectivity index (χ1n) is 15.0. The topological polar surface area (TPSA) is 164 Å². The molecule has 12 heteroatoms. The van der Waals surface area contributed by atoms with Crippen LogP contribution in [0.15, 0.2) is 48.0 Å². The zero-order chi connectivity index (χ0) is 31.4. The maximum absolute atomic E-state index is 15.2. The van der Waals surface area contributed by atoms with Gasteiger partial charge >= 0.3 is 5.69 Å². The predicted octanol–water partition coefficient (Wildman–Crippen LogP) is 4.94. The molecule has 232 valence electrons. The standard InChI is InChI=1S/C32H39ClFN9O/c1-3-20-14-23(16-39-29(20)26-9-5-8-22(40-26)10-11-38-31(36)37)43-17-21-15-27(41-30(21)42-32(43)44)24-12-19(7-4-6-18(2)35)13-25(33)28(24)34/h3,12-18,22,26,40H,1,4-11,35H2,2H3,(H4,36,37,38)(H,41,42,44)/t18-,22-,26-/m0/s1. The van der Waals surface area contributed by atoms with Crippen LogP contribution in [0.4, 0.5) is 4.39 Å². The van der Waals surface area contributed by atoms with Crippen molar-refractivity contribution in [2.75, 3.05) is 6.54 Å². The lowest BCUT2D eigenvalue weighted by molar-refractivity contribution is 0.308. The van der Waals surface area contributed by atoms with Gasteiger partial charge in [0.15, 0.2) is 11.8 Å². The lowest BCUT2D eigenvalue weighted by Gasteiger charge is -2.31. The van der Waals surface area contributed by atoms with E-state index in [1.807, 2.05) is 13.0 Å². The summed E-state index contributed by atoms with van der Waals surface area (Å²) in [4.78, 5) is 25.2. The molecule has 0 radical (unpaired) electrons. The SMILES string of the molecule is C=Cc1cc(-n2cc3cc(-c4cc(CCC[C@H](C)N)cc(Cl)c4F)[nH]c3nc2=O)cnc1[C@@H]1CCC[C@@H](CCNC(=N)N)N1. The maximum atomic E-state index is 15.2. The van der Waals surface area contributed by atoms with Gasteiger partial charge < -0.3 is 27.1 Å². The first kappa shape index (κ1) is 31.4. The maximum Gasteiger partial charge on any atom is 0.354 e. The molecule has 44 heavy (non-hydrogen) atoms. The number of hydrogen-bond donors (Lipinski definition) is 6. The number of hydrogen-bond acceptors (Lipinski definition) is 6. The summed E-state index contributed by atoms with van der Waals surface area (Å²) >= 11 is 6.26. The van der Waals surface area contributed by atoms with E-state index in [9.17, 15) is 4.79 Å². The Morgan fingerprint density at radius 2 is 2.16 bits per heavy atom. The molecule has 1 aliphatic heterocycles. The lowest BCUT2D eigenvalue weighted by Crippen LogP contribution is -2.41. The Bertz CT molecular complexity index is 1730. The number of rotatable bonds is 11.